The number of nitro benzene ring substituents is 2. The molecular weight excluding hydrogens is 274 g/mol. The number of hydrogen-bond acceptors (Lipinski definition) is 5. The molecule has 21 heavy (non-hydrogen) atoms. The Labute approximate surface area is 119 Å². The molecule has 0 bridgehead atoms. The van der Waals surface area contributed by atoms with E-state index in [2.05, 4.69) is 4.99 Å². The van der Waals surface area contributed by atoms with Gasteiger partial charge >= 0.3 is 0 Å². The summed E-state index contributed by atoms with van der Waals surface area (Å²) in [5.41, 5.74) is 1.14. The van der Waals surface area contributed by atoms with E-state index in [4.69, 9.17) is 0 Å². The van der Waals surface area contributed by atoms with Crippen LogP contribution < -0.4 is 0 Å². The highest BCUT2D eigenvalue weighted by molar-refractivity contribution is 5.87. The molecule has 7 heteroatoms. The van der Waals surface area contributed by atoms with Crippen LogP contribution >= 0.6 is 0 Å². The van der Waals surface area contributed by atoms with Crippen molar-refractivity contribution in [1.29, 1.82) is 0 Å². The maximum atomic E-state index is 10.9. The van der Waals surface area contributed by atoms with Gasteiger partial charge in [0.05, 0.1) is 21.1 Å². The van der Waals surface area contributed by atoms with Crippen molar-refractivity contribution in [1.82, 2.24) is 0 Å². The highest BCUT2D eigenvalue weighted by Gasteiger charge is 2.12. The van der Waals surface area contributed by atoms with Crippen LogP contribution in [0.3, 0.4) is 0 Å². The van der Waals surface area contributed by atoms with Crippen LogP contribution in [0.15, 0.2) is 47.5 Å². The molecule has 0 fully saturated rings. The van der Waals surface area contributed by atoms with Crippen molar-refractivity contribution in [2.24, 2.45) is 4.99 Å². The average Bonchev–Trinajstić information content (AvgIpc) is 2.46. The van der Waals surface area contributed by atoms with Gasteiger partial charge in [0.15, 0.2) is 0 Å². The second-order valence-electron chi connectivity index (χ2n) is 4.30. The molecule has 7 nitrogen and oxygen atoms in total. The number of rotatable bonds is 4. The zero-order valence-corrected chi connectivity index (χ0v) is 11.1. The van der Waals surface area contributed by atoms with Crippen LogP contribution in [-0.2, 0) is 0 Å². The average molecular weight is 285 g/mol. The van der Waals surface area contributed by atoms with Crippen molar-refractivity contribution >= 4 is 23.3 Å². The molecule has 0 radical (unpaired) electrons. The van der Waals surface area contributed by atoms with Gasteiger partial charge in [0, 0.05) is 23.9 Å². The molecule has 0 unspecified atom stereocenters. The fourth-order valence-electron chi connectivity index (χ4n) is 1.78. The van der Waals surface area contributed by atoms with Gasteiger partial charge in [0.1, 0.15) is 0 Å². The summed E-state index contributed by atoms with van der Waals surface area (Å²) in [6.07, 6.45) is 1.33. The van der Waals surface area contributed by atoms with Crippen LogP contribution in [-0.4, -0.2) is 16.1 Å². The van der Waals surface area contributed by atoms with E-state index in [0.29, 0.717) is 16.8 Å². The molecule has 0 spiro atoms. The lowest BCUT2D eigenvalue weighted by atomic mass is 10.2. The first kappa shape index (κ1) is 14.3. The first-order chi connectivity index (χ1) is 9.99. The maximum absolute atomic E-state index is 10.9. The molecule has 2 aromatic carbocycles. The van der Waals surface area contributed by atoms with Crippen LogP contribution in [0.4, 0.5) is 17.1 Å². The zero-order chi connectivity index (χ0) is 15.4. The van der Waals surface area contributed by atoms with Crippen molar-refractivity contribution in [3.8, 4) is 0 Å². The van der Waals surface area contributed by atoms with Crippen LogP contribution in [0.1, 0.15) is 11.1 Å². The Hall–Kier alpha value is -3.09. The standard InChI is InChI=1S/C14H11N3O4/c1-10-6-7-12(8-14(10)17(20)21)15-9-11-4-2-3-5-13(11)16(18)19/h2-9H,1H3. The molecule has 0 aliphatic heterocycles. The Morgan fingerprint density at radius 1 is 1.00 bits per heavy atom. The van der Waals surface area contributed by atoms with Gasteiger partial charge in [0.2, 0.25) is 0 Å². The zero-order valence-electron chi connectivity index (χ0n) is 11.1. The third kappa shape index (κ3) is 3.27. The summed E-state index contributed by atoms with van der Waals surface area (Å²) >= 11 is 0. The first-order valence-electron chi connectivity index (χ1n) is 6.01. The van der Waals surface area contributed by atoms with E-state index in [9.17, 15) is 20.2 Å². The van der Waals surface area contributed by atoms with Gasteiger partial charge in [-0.2, -0.15) is 0 Å². The van der Waals surface area contributed by atoms with E-state index < -0.39 is 9.85 Å². The second-order valence-corrected chi connectivity index (χ2v) is 4.30. The van der Waals surface area contributed by atoms with Crippen LogP contribution in [0.2, 0.25) is 0 Å². The van der Waals surface area contributed by atoms with E-state index in [0.717, 1.165) is 0 Å². The minimum Gasteiger partial charge on any atom is -0.258 e. The number of nitro groups is 2. The molecule has 0 heterocycles. The summed E-state index contributed by atoms with van der Waals surface area (Å²) in [5.74, 6) is 0. The predicted octanol–water partition coefficient (Wildman–Crippen LogP) is 3.56. The van der Waals surface area contributed by atoms with Gasteiger partial charge in [-0.1, -0.05) is 18.2 Å². The quantitative estimate of drug-likeness (QED) is 0.487. The number of nitrogens with zero attached hydrogens (tertiary/aromatic N) is 3. The van der Waals surface area contributed by atoms with Crippen molar-refractivity contribution in [2.75, 3.05) is 0 Å². The van der Waals surface area contributed by atoms with E-state index in [-0.39, 0.29) is 11.4 Å². The molecule has 0 aliphatic rings. The Balaban J connectivity index is 2.36. The molecule has 2 rings (SSSR count). The SMILES string of the molecule is Cc1ccc(N=Cc2ccccc2[N+](=O)[O-])cc1[N+](=O)[O-]. The van der Waals surface area contributed by atoms with Gasteiger partial charge in [0.25, 0.3) is 11.4 Å². The molecule has 0 saturated carbocycles. The molecule has 106 valence electrons. The van der Waals surface area contributed by atoms with Crippen molar-refractivity contribution in [3.05, 3.63) is 73.8 Å². The van der Waals surface area contributed by atoms with Crippen LogP contribution in [0.25, 0.3) is 0 Å². The highest BCUT2D eigenvalue weighted by Crippen LogP contribution is 2.24. The number of benzene rings is 2. The third-order valence-corrected chi connectivity index (χ3v) is 2.88. The largest absolute Gasteiger partial charge is 0.278 e. The smallest absolute Gasteiger partial charge is 0.258 e. The van der Waals surface area contributed by atoms with E-state index in [1.54, 1.807) is 37.3 Å². The Morgan fingerprint density at radius 3 is 2.33 bits per heavy atom. The summed E-state index contributed by atoms with van der Waals surface area (Å²) < 4.78 is 0. The number of hydrogen-bond donors (Lipinski definition) is 0. The third-order valence-electron chi connectivity index (χ3n) is 2.88. The minimum atomic E-state index is -0.501. The van der Waals surface area contributed by atoms with Gasteiger partial charge in [-0.25, -0.2) is 0 Å². The number of para-hydroxylation sites is 1. The fraction of sp³-hybridized carbons (Fsp3) is 0.0714. The molecular formula is C14H11N3O4. The fourth-order valence-corrected chi connectivity index (χ4v) is 1.78. The Kier molecular flexibility index (Phi) is 4.03. The first-order valence-corrected chi connectivity index (χ1v) is 6.01. The van der Waals surface area contributed by atoms with Crippen molar-refractivity contribution in [3.63, 3.8) is 0 Å². The topological polar surface area (TPSA) is 98.6 Å². The molecule has 0 amide bonds. The van der Waals surface area contributed by atoms with E-state index in [1.165, 1.54) is 18.3 Å². The Morgan fingerprint density at radius 2 is 1.67 bits per heavy atom. The normalized spacial score (nSPS) is 10.7. The lowest BCUT2D eigenvalue weighted by Crippen LogP contribution is -1.94. The summed E-state index contributed by atoms with van der Waals surface area (Å²) in [6, 6.07) is 10.7. The molecule has 0 atom stereocenters. The number of aliphatic imine (C=N–C) groups is 1. The summed E-state index contributed by atoms with van der Waals surface area (Å²) in [5, 5.41) is 21.7. The summed E-state index contributed by atoms with van der Waals surface area (Å²) in [4.78, 5) is 24.8. The van der Waals surface area contributed by atoms with Crippen molar-refractivity contribution in [2.45, 2.75) is 6.92 Å². The minimum absolute atomic E-state index is 0.0350. The van der Waals surface area contributed by atoms with Crippen molar-refractivity contribution < 1.29 is 9.85 Å². The summed E-state index contributed by atoms with van der Waals surface area (Å²) in [6.45, 7) is 1.63. The molecule has 2 aromatic rings. The number of aryl methyl sites for hydroxylation is 1. The second kappa shape index (κ2) is 5.91. The monoisotopic (exact) mass is 285 g/mol. The highest BCUT2D eigenvalue weighted by atomic mass is 16.6. The van der Waals surface area contributed by atoms with Gasteiger partial charge < -0.3 is 0 Å². The van der Waals surface area contributed by atoms with Gasteiger partial charge in [-0.15, -0.1) is 0 Å². The summed E-state index contributed by atoms with van der Waals surface area (Å²) in [7, 11) is 0. The van der Waals surface area contributed by atoms with Crippen LogP contribution in [0, 0.1) is 27.2 Å². The molecule has 0 aromatic heterocycles. The maximum Gasteiger partial charge on any atom is 0.278 e. The predicted molar refractivity (Wildman–Crippen MR) is 78.2 cm³/mol. The van der Waals surface area contributed by atoms with Crippen LogP contribution in [0.5, 0.6) is 0 Å². The lowest BCUT2D eigenvalue weighted by molar-refractivity contribution is -0.385. The lowest BCUT2D eigenvalue weighted by Gasteiger charge is -1.99. The molecule has 0 N–H and O–H groups in total. The molecule has 0 saturated heterocycles. The molecule has 0 aliphatic carbocycles. The van der Waals surface area contributed by atoms with Gasteiger partial charge in [-0.05, 0) is 19.1 Å². The van der Waals surface area contributed by atoms with Gasteiger partial charge in [-0.3, -0.25) is 25.2 Å². The Bertz CT molecular complexity index is 741. The van der Waals surface area contributed by atoms with E-state index in [1.807, 2.05) is 0 Å². The van der Waals surface area contributed by atoms with E-state index >= 15 is 0 Å².